The fraction of sp³-hybridized carbons (Fsp3) is 0.647. The van der Waals surface area contributed by atoms with E-state index in [0.717, 1.165) is 31.3 Å². The molecular weight excluding hydrogens is 284 g/mol. The monoisotopic (exact) mass is 310 g/mol. The maximum absolute atomic E-state index is 6.11. The van der Waals surface area contributed by atoms with Gasteiger partial charge in [-0.3, -0.25) is 4.90 Å². The Morgan fingerprint density at radius 2 is 2.19 bits per heavy atom. The van der Waals surface area contributed by atoms with E-state index in [1.165, 1.54) is 32.4 Å². The van der Waals surface area contributed by atoms with Crippen LogP contribution in [0.4, 0.5) is 0 Å². The highest BCUT2D eigenvalue weighted by Crippen LogP contribution is 2.23. The van der Waals surface area contributed by atoms with Crippen LogP contribution in [-0.4, -0.2) is 44.2 Å². The van der Waals surface area contributed by atoms with Gasteiger partial charge in [-0.2, -0.15) is 0 Å². The second kappa shape index (κ2) is 9.29. The van der Waals surface area contributed by atoms with E-state index in [0.29, 0.717) is 11.6 Å². The summed E-state index contributed by atoms with van der Waals surface area (Å²) < 4.78 is 5.81. The summed E-state index contributed by atoms with van der Waals surface area (Å²) in [6.45, 7) is 8.56. The summed E-state index contributed by atoms with van der Waals surface area (Å²) in [7, 11) is 0. The van der Waals surface area contributed by atoms with Crippen LogP contribution in [0.25, 0.3) is 0 Å². The van der Waals surface area contributed by atoms with Gasteiger partial charge in [0.2, 0.25) is 0 Å². The van der Waals surface area contributed by atoms with Crippen LogP contribution in [0.2, 0.25) is 5.02 Å². The number of piperidine rings is 1. The highest BCUT2D eigenvalue weighted by atomic mass is 35.5. The standard InChI is InChI=1S/C17H27ClN2O/c1-2-10-20(14-15-6-5-9-19-13-15)11-12-21-17-8-4-3-7-16(17)18/h3-4,7-8,15,19H,2,5-6,9-14H2,1H3. The molecule has 1 aliphatic rings. The average Bonchev–Trinajstić information content (AvgIpc) is 2.50. The van der Waals surface area contributed by atoms with E-state index < -0.39 is 0 Å². The number of para-hydroxylation sites is 1. The van der Waals surface area contributed by atoms with Crippen molar-refractivity contribution < 1.29 is 4.74 Å². The molecule has 0 saturated carbocycles. The summed E-state index contributed by atoms with van der Waals surface area (Å²) in [5.74, 6) is 1.57. The number of rotatable bonds is 8. The van der Waals surface area contributed by atoms with E-state index >= 15 is 0 Å². The zero-order valence-corrected chi connectivity index (χ0v) is 13.7. The molecule has 0 spiro atoms. The predicted molar refractivity (Wildman–Crippen MR) is 89.3 cm³/mol. The summed E-state index contributed by atoms with van der Waals surface area (Å²) in [5.41, 5.74) is 0. The molecule has 1 aromatic carbocycles. The van der Waals surface area contributed by atoms with Crippen molar-refractivity contribution in [3.63, 3.8) is 0 Å². The Labute approximate surface area is 133 Å². The van der Waals surface area contributed by atoms with Crippen molar-refractivity contribution in [2.45, 2.75) is 26.2 Å². The van der Waals surface area contributed by atoms with Gasteiger partial charge in [-0.05, 0) is 56.9 Å². The Morgan fingerprint density at radius 3 is 2.90 bits per heavy atom. The first kappa shape index (κ1) is 16.6. The van der Waals surface area contributed by atoms with Crippen LogP contribution in [0, 0.1) is 5.92 Å². The van der Waals surface area contributed by atoms with Crippen molar-refractivity contribution in [2.24, 2.45) is 5.92 Å². The maximum Gasteiger partial charge on any atom is 0.137 e. The van der Waals surface area contributed by atoms with Gasteiger partial charge in [0, 0.05) is 13.1 Å². The van der Waals surface area contributed by atoms with E-state index in [1.54, 1.807) is 0 Å². The molecule has 2 rings (SSSR count). The number of hydrogen-bond donors (Lipinski definition) is 1. The second-order valence-electron chi connectivity index (χ2n) is 5.79. The second-order valence-corrected chi connectivity index (χ2v) is 6.20. The molecule has 118 valence electrons. The van der Waals surface area contributed by atoms with Gasteiger partial charge in [0.25, 0.3) is 0 Å². The molecule has 1 unspecified atom stereocenters. The number of nitrogens with zero attached hydrogens (tertiary/aromatic N) is 1. The first-order chi connectivity index (χ1) is 10.3. The minimum absolute atomic E-state index is 0.691. The third-order valence-electron chi connectivity index (χ3n) is 3.96. The van der Waals surface area contributed by atoms with Gasteiger partial charge in [0.1, 0.15) is 12.4 Å². The van der Waals surface area contributed by atoms with Crippen LogP contribution in [-0.2, 0) is 0 Å². The number of benzene rings is 1. The molecule has 1 N–H and O–H groups in total. The van der Waals surface area contributed by atoms with Gasteiger partial charge >= 0.3 is 0 Å². The van der Waals surface area contributed by atoms with Crippen LogP contribution in [0.15, 0.2) is 24.3 Å². The molecule has 21 heavy (non-hydrogen) atoms. The van der Waals surface area contributed by atoms with E-state index in [9.17, 15) is 0 Å². The fourth-order valence-corrected chi connectivity index (χ4v) is 3.09. The van der Waals surface area contributed by atoms with Crippen LogP contribution >= 0.6 is 11.6 Å². The highest BCUT2D eigenvalue weighted by Gasteiger charge is 2.16. The smallest absolute Gasteiger partial charge is 0.137 e. The Morgan fingerprint density at radius 1 is 1.33 bits per heavy atom. The number of nitrogens with one attached hydrogen (secondary N) is 1. The molecule has 3 nitrogen and oxygen atoms in total. The lowest BCUT2D eigenvalue weighted by molar-refractivity contribution is 0.173. The fourth-order valence-electron chi connectivity index (χ4n) is 2.90. The van der Waals surface area contributed by atoms with Crippen LogP contribution in [0.3, 0.4) is 0 Å². The van der Waals surface area contributed by atoms with E-state index in [-0.39, 0.29) is 0 Å². The van der Waals surface area contributed by atoms with Crippen LogP contribution in [0.5, 0.6) is 5.75 Å². The summed E-state index contributed by atoms with van der Waals surface area (Å²) in [5, 5.41) is 4.19. The highest BCUT2D eigenvalue weighted by molar-refractivity contribution is 6.32. The molecule has 1 atom stereocenters. The molecule has 4 heteroatoms. The van der Waals surface area contributed by atoms with Gasteiger partial charge in [-0.1, -0.05) is 30.7 Å². The van der Waals surface area contributed by atoms with E-state index in [1.807, 2.05) is 24.3 Å². The molecule has 1 fully saturated rings. The zero-order chi connectivity index (χ0) is 14.9. The molecule has 1 heterocycles. The minimum atomic E-state index is 0.691. The summed E-state index contributed by atoms with van der Waals surface area (Å²) in [6, 6.07) is 7.68. The Kier molecular flexibility index (Phi) is 7.34. The van der Waals surface area contributed by atoms with Crippen LogP contribution < -0.4 is 10.1 Å². The van der Waals surface area contributed by atoms with Crippen molar-refractivity contribution in [1.82, 2.24) is 10.2 Å². The first-order valence-corrected chi connectivity index (χ1v) is 8.47. The molecule has 1 aromatic rings. The Bertz CT molecular complexity index is 408. The number of halogens is 1. The lowest BCUT2D eigenvalue weighted by Crippen LogP contribution is -2.40. The Balaban J connectivity index is 1.75. The molecule has 1 aliphatic heterocycles. The van der Waals surface area contributed by atoms with E-state index in [2.05, 4.69) is 17.1 Å². The van der Waals surface area contributed by atoms with Crippen molar-refractivity contribution in [3.05, 3.63) is 29.3 Å². The van der Waals surface area contributed by atoms with Gasteiger partial charge < -0.3 is 10.1 Å². The van der Waals surface area contributed by atoms with Crippen molar-refractivity contribution >= 4 is 11.6 Å². The van der Waals surface area contributed by atoms with Crippen molar-refractivity contribution in [1.29, 1.82) is 0 Å². The quantitative estimate of drug-likeness (QED) is 0.796. The predicted octanol–water partition coefficient (Wildman–Crippen LogP) is 3.43. The lowest BCUT2D eigenvalue weighted by atomic mass is 9.99. The topological polar surface area (TPSA) is 24.5 Å². The molecule has 0 radical (unpaired) electrons. The molecule has 0 bridgehead atoms. The van der Waals surface area contributed by atoms with Gasteiger partial charge in [-0.15, -0.1) is 0 Å². The summed E-state index contributed by atoms with van der Waals surface area (Å²) in [6.07, 6.45) is 3.84. The molecular formula is C17H27ClN2O. The zero-order valence-electron chi connectivity index (χ0n) is 13.0. The lowest BCUT2D eigenvalue weighted by Gasteiger charge is -2.30. The Hall–Kier alpha value is -0.770. The van der Waals surface area contributed by atoms with Crippen molar-refractivity contribution in [2.75, 3.05) is 39.3 Å². The summed E-state index contributed by atoms with van der Waals surface area (Å²) >= 11 is 6.11. The normalized spacial score (nSPS) is 18.9. The number of ether oxygens (including phenoxy) is 1. The first-order valence-electron chi connectivity index (χ1n) is 8.10. The van der Waals surface area contributed by atoms with E-state index in [4.69, 9.17) is 16.3 Å². The van der Waals surface area contributed by atoms with Gasteiger partial charge in [0.05, 0.1) is 5.02 Å². The minimum Gasteiger partial charge on any atom is -0.491 e. The third kappa shape index (κ3) is 5.85. The summed E-state index contributed by atoms with van der Waals surface area (Å²) in [4.78, 5) is 2.52. The molecule has 0 amide bonds. The average molecular weight is 311 g/mol. The molecule has 1 saturated heterocycles. The number of hydrogen-bond acceptors (Lipinski definition) is 3. The van der Waals surface area contributed by atoms with Crippen LogP contribution in [0.1, 0.15) is 26.2 Å². The van der Waals surface area contributed by atoms with Crippen molar-refractivity contribution in [3.8, 4) is 5.75 Å². The SMILES string of the molecule is CCCN(CCOc1ccccc1Cl)CC1CCCNC1. The van der Waals surface area contributed by atoms with Gasteiger partial charge in [0.15, 0.2) is 0 Å². The largest absolute Gasteiger partial charge is 0.491 e. The third-order valence-corrected chi connectivity index (χ3v) is 4.27. The maximum atomic E-state index is 6.11. The van der Waals surface area contributed by atoms with Gasteiger partial charge in [-0.25, -0.2) is 0 Å². The molecule has 0 aliphatic carbocycles. The molecule has 0 aromatic heterocycles.